The second kappa shape index (κ2) is 5.21. The summed E-state index contributed by atoms with van der Waals surface area (Å²) in [4.78, 5) is 11.9. The molecule has 3 nitrogen and oxygen atoms in total. The van der Waals surface area contributed by atoms with E-state index in [1.54, 1.807) is 0 Å². The Kier molecular flexibility index (Phi) is 3.91. The molecule has 0 spiro atoms. The standard InChI is InChI=1S/C20H34O3/c1-18(2,3)10-20(7,19(4,5)6)11-22-15-12-8-13-14(9-12)17(21)23-16(13)15/h12-16H,8-11H2,1-7H3/t12?,13?,14?,15?,16?,20-/m1/s1. The molecule has 3 aliphatic rings. The van der Waals surface area contributed by atoms with Crippen molar-refractivity contribution < 1.29 is 14.3 Å². The number of esters is 1. The Labute approximate surface area is 141 Å². The zero-order valence-corrected chi connectivity index (χ0v) is 15.9. The number of fused-ring (bicyclic) bond motifs is 1. The molecule has 6 atom stereocenters. The average molecular weight is 322 g/mol. The summed E-state index contributed by atoms with van der Waals surface area (Å²) in [7, 11) is 0. The lowest BCUT2D eigenvalue weighted by atomic mass is 9.62. The van der Waals surface area contributed by atoms with Crippen LogP contribution in [0.1, 0.15) is 67.7 Å². The van der Waals surface area contributed by atoms with E-state index in [-0.39, 0.29) is 40.3 Å². The first-order chi connectivity index (χ1) is 10.4. The first kappa shape index (κ1) is 17.3. The van der Waals surface area contributed by atoms with Crippen LogP contribution < -0.4 is 0 Å². The van der Waals surface area contributed by atoms with Gasteiger partial charge in [-0.1, -0.05) is 48.5 Å². The zero-order valence-electron chi connectivity index (χ0n) is 15.9. The summed E-state index contributed by atoms with van der Waals surface area (Å²) in [6.07, 6.45) is 3.39. The number of carbonyl (C=O) groups is 1. The zero-order chi connectivity index (χ0) is 17.2. The van der Waals surface area contributed by atoms with Crippen molar-refractivity contribution in [1.29, 1.82) is 0 Å². The Bertz CT molecular complexity index is 484. The monoisotopic (exact) mass is 322 g/mol. The van der Waals surface area contributed by atoms with E-state index in [0.29, 0.717) is 11.8 Å². The van der Waals surface area contributed by atoms with Crippen molar-refractivity contribution in [3.8, 4) is 0 Å². The van der Waals surface area contributed by atoms with Crippen molar-refractivity contribution >= 4 is 5.97 Å². The van der Waals surface area contributed by atoms with E-state index in [2.05, 4.69) is 48.5 Å². The molecule has 0 N–H and O–H groups in total. The van der Waals surface area contributed by atoms with Crippen molar-refractivity contribution in [3.63, 3.8) is 0 Å². The molecule has 2 aliphatic carbocycles. The smallest absolute Gasteiger partial charge is 0.309 e. The van der Waals surface area contributed by atoms with E-state index in [9.17, 15) is 4.79 Å². The fraction of sp³-hybridized carbons (Fsp3) is 0.950. The fourth-order valence-corrected chi connectivity index (χ4v) is 5.12. The predicted molar refractivity (Wildman–Crippen MR) is 91.0 cm³/mol. The summed E-state index contributed by atoms with van der Waals surface area (Å²) < 4.78 is 12.1. The normalized spacial score (nSPS) is 38.7. The van der Waals surface area contributed by atoms with E-state index in [1.807, 2.05) is 0 Å². The molecule has 0 radical (unpaired) electrons. The Morgan fingerprint density at radius 2 is 1.74 bits per heavy atom. The lowest BCUT2D eigenvalue weighted by Gasteiger charge is -2.46. The van der Waals surface area contributed by atoms with Crippen molar-refractivity contribution in [1.82, 2.24) is 0 Å². The second-order valence-corrected chi connectivity index (χ2v) is 10.7. The minimum Gasteiger partial charge on any atom is -0.459 e. The molecule has 23 heavy (non-hydrogen) atoms. The van der Waals surface area contributed by atoms with E-state index >= 15 is 0 Å². The Morgan fingerprint density at radius 3 is 2.30 bits per heavy atom. The number of hydrogen-bond acceptors (Lipinski definition) is 3. The fourth-order valence-electron chi connectivity index (χ4n) is 5.12. The molecule has 0 amide bonds. The van der Waals surface area contributed by atoms with Crippen LogP contribution in [0.3, 0.4) is 0 Å². The molecule has 3 rings (SSSR count). The van der Waals surface area contributed by atoms with Crippen molar-refractivity contribution in [2.75, 3.05) is 6.61 Å². The van der Waals surface area contributed by atoms with Crippen LogP contribution in [0.4, 0.5) is 0 Å². The van der Waals surface area contributed by atoms with Gasteiger partial charge in [0.2, 0.25) is 0 Å². The van der Waals surface area contributed by atoms with Crippen LogP contribution in [0.25, 0.3) is 0 Å². The van der Waals surface area contributed by atoms with Crippen LogP contribution >= 0.6 is 0 Å². The number of rotatable bonds is 4. The van der Waals surface area contributed by atoms with Gasteiger partial charge < -0.3 is 9.47 Å². The van der Waals surface area contributed by atoms with Gasteiger partial charge in [0.15, 0.2) is 0 Å². The number of ether oxygens (including phenoxy) is 2. The number of hydrogen-bond donors (Lipinski definition) is 0. The largest absolute Gasteiger partial charge is 0.459 e. The van der Waals surface area contributed by atoms with Gasteiger partial charge in [0, 0.05) is 5.92 Å². The molecule has 3 fully saturated rings. The van der Waals surface area contributed by atoms with Gasteiger partial charge in [0.1, 0.15) is 6.10 Å². The quantitative estimate of drug-likeness (QED) is 0.718. The molecule has 0 aromatic heterocycles. The molecule has 1 saturated heterocycles. The van der Waals surface area contributed by atoms with Crippen LogP contribution in [0.2, 0.25) is 0 Å². The highest BCUT2D eigenvalue weighted by molar-refractivity contribution is 5.76. The van der Waals surface area contributed by atoms with Gasteiger partial charge >= 0.3 is 5.97 Å². The molecule has 5 unspecified atom stereocenters. The van der Waals surface area contributed by atoms with E-state index in [1.165, 1.54) is 0 Å². The third-order valence-corrected chi connectivity index (χ3v) is 6.74. The Morgan fingerprint density at radius 1 is 1.09 bits per heavy atom. The van der Waals surface area contributed by atoms with Gasteiger partial charge in [-0.15, -0.1) is 0 Å². The maximum Gasteiger partial charge on any atom is 0.309 e. The first-order valence-electron chi connectivity index (χ1n) is 9.23. The Balaban J connectivity index is 1.70. The van der Waals surface area contributed by atoms with Crippen molar-refractivity contribution in [2.24, 2.45) is 34.0 Å². The predicted octanol–water partition coefficient (Wildman–Crippen LogP) is 4.44. The summed E-state index contributed by atoms with van der Waals surface area (Å²) in [5.41, 5.74) is 0.548. The first-order valence-corrected chi connectivity index (χ1v) is 9.23. The van der Waals surface area contributed by atoms with Gasteiger partial charge in [-0.05, 0) is 41.4 Å². The number of carbonyl (C=O) groups excluding carboxylic acids is 1. The Hall–Kier alpha value is -0.570. The van der Waals surface area contributed by atoms with Crippen LogP contribution in [0.5, 0.6) is 0 Å². The highest BCUT2D eigenvalue weighted by atomic mass is 16.6. The highest BCUT2D eigenvalue weighted by Gasteiger charge is 2.62. The summed E-state index contributed by atoms with van der Waals surface area (Å²) in [6.45, 7) is 17.0. The van der Waals surface area contributed by atoms with E-state index < -0.39 is 0 Å². The van der Waals surface area contributed by atoms with Gasteiger partial charge in [0.25, 0.3) is 0 Å². The van der Waals surface area contributed by atoms with Gasteiger partial charge in [-0.2, -0.15) is 0 Å². The molecule has 3 heteroatoms. The minimum atomic E-state index is 0.0295. The minimum absolute atomic E-state index is 0.0295. The van der Waals surface area contributed by atoms with Crippen LogP contribution in [0, 0.1) is 34.0 Å². The van der Waals surface area contributed by atoms with Crippen LogP contribution in [-0.4, -0.2) is 24.8 Å². The van der Waals surface area contributed by atoms with Gasteiger partial charge in [0.05, 0.1) is 18.6 Å². The molecule has 1 aliphatic heterocycles. The summed E-state index contributed by atoms with van der Waals surface area (Å²) in [5.74, 6) is 1.16. The third-order valence-electron chi connectivity index (χ3n) is 6.74. The molecule has 0 aromatic rings. The molecule has 2 bridgehead atoms. The van der Waals surface area contributed by atoms with E-state index in [4.69, 9.17) is 9.47 Å². The molecule has 1 heterocycles. The molecule has 2 saturated carbocycles. The summed E-state index contributed by atoms with van der Waals surface area (Å²) in [6, 6.07) is 0. The van der Waals surface area contributed by atoms with Crippen LogP contribution in [0.15, 0.2) is 0 Å². The SMILES string of the molecule is CC(C)(C)C[C@](C)(COC1C2CC3C(=O)OC1C3C2)C(C)(C)C. The summed E-state index contributed by atoms with van der Waals surface area (Å²) >= 11 is 0. The molecular weight excluding hydrogens is 288 g/mol. The van der Waals surface area contributed by atoms with Crippen LogP contribution in [-0.2, 0) is 14.3 Å². The van der Waals surface area contributed by atoms with Gasteiger partial charge in [-0.3, -0.25) is 4.79 Å². The highest BCUT2D eigenvalue weighted by Crippen LogP contribution is 2.56. The summed E-state index contributed by atoms with van der Waals surface area (Å²) in [5, 5.41) is 0. The lowest BCUT2D eigenvalue weighted by molar-refractivity contribution is -0.150. The third kappa shape index (κ3) is 2.94. The molecule has 132 valence electrons. The van der Waals surface area contributed by atoms with E-state index in [0.717, 1.165) is 25.9 Å². The van der Waals surface area contributed by atoms with Gasteiger partial charge in [-0.25, -0.2) is 0 Å². The average Bonchev–Trinajstić information content (AvgIpc) is 2.95. The topological polar surface area (TPSA) is 35.5 Å². The van der Waals surface area contributed by atoms with Crippen molar-refractivity contribution in [2.45, 2.75) is 79.9 Å². The lowest BCUT2D eigenvalue weighted by Crippen LogP contribution is -2.44. The second-order valence-electron chi connectivity index (χ2n) is 10.7. The van der Waals surface area contributed by atoms with Crippen molar-refractivity contribution in [3.05, 3.63) is 0 Å². The molecule has 0 aromatic carbocycles. The maximum atomic E-state index is 11.9. The maximum absolute atomic E-state index is 11.9. The molecular formula is C20H34O3.